The number of allylic oxidation sites excluding steroid dienone is 1. The number of aromatic nitrogens is 2. The van der Waals surface area contributed by atoms with Crippen molar-refractivity contribution in [2.75, 3.05) is 0 Å². The van der Waals surface area contributed by atoms with Gasteiger partial charge in [-0.25, -0.2) is 0 Å². The van der Waals surface area contributed by atoms with E-state index in [1.807, 2.05) is 17.5 Å². The molecule has 1 N–H and O–H groups in total. The zero-order valence-corrected chi connectivity index (χ0v) is 8.13. The normalized spacial score (nSPS) is 27.8. The van der Waals surface area contributed by atoms with Crippen molar-refractivity contribution in [1.29, 1.82) is 0 Å². The molecule has 0 saturated heterocycles. The molecule has 0 fully saturated rings. The summed E-state index contributed by atoms with van der Waals surface area (Å²) in [4.78, 5) is 0. The summed E-state index contributed by atoms with van der Waals surface area (Å²) in [6, 6.07) is 0. The van der Waals surface area contributed by atoms with Gasteiger partial charge in [0.25, 0.3) is 0 Å². The Morgan fingerprint density at radius 1 is 1.62 bits per heavy atom. The lowest BCUT2D eigenvalue weighted by Gasteiger charge is -2.26. The van der Waals surface area contributed by atoms with E-state index in [1.54, 1.807) is 0 Å². The van der Waals surface area contributed by atoms with Gasteiger partial charge in [0, 0.05) is 11.8 Å². The minimum atomic E-state index is -0.673. The number of aliphatic hydroxyl groups is 1. The Hall–Kier alpha value is -0.740. The van der Waals surface area contributed by atoms with Crippen LogP contribution in [-0.2, 0) is 6.42 Å². The van der Waals surface area contributed by atoms with Gasteiger partial charge in [-0.15, -0.1) is 5.10 Å². The minimum Gasteiger partial charge on any atom is -0.385 e. The highest BCUT2D eigenvalue weighted by Gasteiger charge is 2.26. The van der Waals surface area contributed by atoms with E-state index in [2.05, 4.69) is 9.59 Å². The molecule has 70 valence electrons. The van der Waals surface area contributed by atoms with Crippen molar-refractivity contribution in [2.45, 2.75) is 31.3 Å². The Morgan fingerprint density at radius 3 is 3.15 bits per heavy atom. The van der Waals surface area contributed by atoms with Crippen LogP contribution in [-0.4, -0.2) is 20.3 Å². The first-order valence-electron chi connectivity index (χ1n) is 4.45. The van der Waals surface area contributed by atoms with Crippen molar-refractivity contribution in [1.82, 2.24) is 9.59 Å². The molecule has 0 aliphatic heterocycles. The summed E-state index contributed by atoms with van der Waals surface area (Å²) >= 11 is 1.33. The van der Waals surface area contributed by atoms with Crippen LogP contribution >= 0.6 is 11.5 Å². The first-order chi connectivity index (χ1) is 6.29. The molecule has 1 aromatic heterocycles. The molecule has 1 aliphatic carbocycles. The third kappa shape index (κ3) is 2.14. The van der Waals surface area contributed by atoms with Crippen molar-refractivity contribution < 1.29 is 5.11 Å². The molecule has 1 atom stereocenters. The molecule has 0 amide bonds. The Morgan fingerprint density at radius 2 is 2.54 bits per heavy atom. The van der Waals surface area contributed by atoms with Gasteiger partial charge in [0.2, 0.25) is 0 Å². The Kier molecular flexibility index (Phi) is 2.42. The number of nitrogens with zero attached hydrogens (tertiary/aromatic N) is 2. The largest absolute Gasteiger partial charge is 0.385 e. The summed E-state index contributed by atoms with van der Waals surface area (Å²) in [5.41, 5.74) is 0.215. The van der Waals surface area contributed by atoms with Gasteiger partial charge in [-0.2, -0.15) is 0 Å². The Bertz CT molecular complexity index is 297. The molecule has 1 heterocycles. The van der Waals surface area contributed by atoms with Crippen LogP contribution < -0.4 is 0 Å². The highest BCUT2D eigenvalue weighted by atomic mass is 32.1. The molecule has 0 aromatic carbocycles. The highest BCUT2D eigenvalue weighted by molar-refractivity contribution is 7.03. The number of hydrogen-bond acceptors (Lipinski definition) is 4. The van der Waals surface area contributed by atoms with Crippen LogP contribution in [0.2, 0.25) is 0 Å². The van der Waals surface area contributed by atoms with Gasteiger partial charge < -0.3 is 5.11 Å². The topological polar surface area (TPSA) is 46.0 Å². The third-order valence-corrected chi connectivity index (χ3v) is 2.85. The molecule has 2 rings (SSSR count). The molecular weight excluding hydrogens is 184 g/mol. The molecule has 1 unspecified atom stereocenters. The predicted molar refractivity (Wildman–Crippen MR) is 51.6 cm³/mol. The van der Waals surface area contributed by atoms with Crippen LogP contribution in [0.4, 0.5) is 0 Å². The fraction of sp³-hybridized carbons (Fsp3) is 0.556. The average Bonchev–Trinajstić information content (AvgIpc) is 2.57. The third-order valence-electron chi connectivity index (χ3n) is 2.30. The summed E-state index contributed by atoms with van der Waals surface area (Å²) < 4.78 is 3.78. The smallest absolute Gasteiger partial charge is 0.0884 e. The summed E-state index contributed by atoms with van der Waals surface area (Å²) in [5.74, 6) is 0. The van der Waals surface area contributed by atoms with E-state index in [9.17, 15) is 5.11 Å². The van der Waals surface area contributed by atoms with Crippen LogP contribution in [0.5, 0.6) is 0 Å². The van der Waals surface area contributed by atoms with E-state index in [0.717, 1.165) is 25.0 Å². The van der Waals surface area contributed by atoms with E-state index in [4.69, 9.17) is 0 Å². The zero-order chi connectivity index (χ0) is 9.15. The molecule has 4 heteroatoms. The van der Waals surface area contributed by atoms with Crippen LogP contribution in [0.3, 0.4) is 0 Å². The lowest BCUT2D eigenvalue weighted by Crippen LogP contribution is -2.30. The van der Waals surface area contributed by atoms with Gasteiger partial charge in [0.05, 0.1) is 11.3 Å². The van der Waals surface area contributed by atoms with Crippen LogP contribution in [0.25, 0.3) is 0 Å². The number of rotatable bonds is 2. The minimum absolute atomic E-state index is 0.597. The predicted octanol–water partition coefficient (Wildman–Crippen LogP) is 1.55. The SMILES string of the molecule is OC1(Cc2csnn2)C=CCCC1. The monoisotopic (exact) mass is 196 g/mol. The van der Waals surface area contributed by atoms with Crippen molar-refractivity contribution >= 4 is 11.5 Å². The number of hydrogen-bond donors (Lipinski definition) is 1. The van der Waals surface area contributed by atoms with Gasteiger partial charge in [0.1, 0.15) is 0 Å². The Labute approximate surface area is 81.3 Å². The second-order valence-corrected chi connectivity index (χ2v) is 4.08. The maximum absolute atomic E-state index is 10.1. The highest BCUT2D eigenvalue weighted by Crippen LogP contribution is 2.25. The summed E-state index contributed by atoms with van der Waals surface area (Å²) in [6.07, 6.45) is 7.52. The maximum Gasteiger partial charge on any atom is 0.0884 e. The fourth-order valence-corrected chi connectivity index (χ4v) is 2.09. The first kappa shape index (κ1) is 8.84. The molecule has 13 heavy (non-hydrogen) atoms. The second-order valence-electron chi connectivity index (χ2n) is 3.47. The standard InChI is InChI=1S/C9H12N2OS/c12-9(4-2-1-3-5-9)6-8-7-13-11-10-8/h2,4,7,12H,1,3,5-6H2. The van der Waals surface area contributed by atoms with Crippen LogP contribution in [0.1, 0.15) is 25.0 Å². The maximum atomic E-state index is 10.1. The van der Waals surface area contributed by atoms with Gasteiger partial charge >= 0.3 is 0 Å². The van der Waals surface area contributed by atoms with E-state index in [-0.39, 0.29) is 0 Å². The molecule has 3 nitrogen and oxygen atoms in total. The molecule has 1 aliphatic rings. The van der Waals surface area contributed by atoms with Gasteiger partial charge in [0.15, 0.2) is 0 Å². The van der Waals surface area contributed by atoms with Crippen molar-refractivity contribution in [2.24, 2.45) is 0 Å². The van der Waals surface area contributed by atoms with E-state index in [1.165, 1.54) is 11.5 Å². The second kappa shape index (κ2) is 3.55. The van der Waals surface area contributed by atoms with E-state index in [0.29, 0.717) is 6.42 Å². The summed E-state index contributed by atoms with van der Waals surface area (Å²) in [5, 5.41) is 15.9. The molecule has 0 bridgehead atoms. The fourth-order valence-electron chi connectivity index (χ4n) is 1.63. The Balaban J connectivity index is 2.08. The molecule has 0 radical (unpaired) electrons. The molecular formula is C9H12N2OS. The summed E-state index contributed by atoms with van der Waals surface area (Å²) in [6.45, 7) is 0. The quantitative estimate of drug-likeness (QED) is 0.730. The van der Waals surface area contributed by atoms with Crippen LogP contribution in [0, 0.1) is 0 Å². The zero-order valence-electron chi connectivity index (χ0n) is 7.31. The van der Waals surface area contributed by atoms with Gasteiger partial charge in [-0.05, 0) is 30.8 Å². The lowest BCUT2D eigenvalue weighted by atomic mass is 9.87. The van der Waals surface area contributed by atoms with Crippen molar-refractivity contribution in [3.63, 3.8) is 0 Å². The van der Waals surface area contributed by atoms with Crippen molar-refractivity contribution in [3.05, 3.63) is 23.2 Å². The van der Waals surface area contributed by atoms with Gasteiger partial charge in [-0.1, -0.05) is 16.6 Å². The molecule has 1 aromatic rings. The molecule has 0 saturated carbocycles. The van der Waals surface area contributed by atoms with Crippen LogP contribution in [0.15, 0.2) is 17.5 Å². The van der Waals surface area contributed by atoms with E-state index >= 15 is 0 Å². The van der Waals surface area contributed by atoms with Gasteiger partial charge in [-0.3, -0.25) is 0 Å². The summed E-state index contributed by atoms with van der Waals surface area (Å²) in [7, 11) is 0. The first-order valence-corrected chi connectivity index (χ1v) is 5.28. The van der Waals surface area contributed by atoms with E-state index < -0.39 is 5.60 Å². The van der Waals surface area contributed by atoms with Crippen molar-refractivity contribution in [3.8, 4) is 0 Å². The molecule has 0 spiro atoms. The lowest BCUT2D eigenvalue weighted by molar-refractivity contribution is 0.0741. The average molecular weight is 196 g/mol.